The Labute approximate surface area is 194 Å². The molecule has 3 aromatic rings. The maximum atomic E-state index is 13.6. The van der Waals surface area contributed by atoms with Crippen LogP contribution in [0.25, 0.3) is 10.9 Å². The first-order valence-corrected chi connectivity index (χ1v) is 11.0. The van der Waals surface area contributed by atoms with Gasteiger partial charge in [0.2, 0.25) is 5.88 Å². The topological polar surface area (TPSA) is 76.6 Å². The molecular weight excluding hydrogens is 449 g/mol. The van der Waals surface area contributed by atoms with E-state index in [1.165, 1.54) is 25.6 Å². The largest absolute Gasteiger partial charge is 0.492 e. The summed E-state index contributed by atoms with van der Waals surface area (Å²) in [5, 5.41) is 3.07. The van der Waals surface area contributed by atoms with Crippen LogP contribution in [0.5, 0.6) is 11.6 Å². The first-order chi connectivity index (χ1) is 16.3. The molecule has 0 radical (unpaired) electrons. The van der Waals surface area contributed by atoms with E-state index in [9.17, 15) is 18.0 Å². The number of anilines is 1. The Balaban J connectivity index is 1.60. The number of nitrogens with zero attached hydrogens (tertiary/aromatic N) is 3. The highest BCUT2D eigenvalue weighted by Gasteiger charge is 2.32. The van der Waals surface area contributed by atoms with Gasteiger partial charge in [0.05, 0.1) is 29.1 Å². The lowest BCUT2D eigenvalue weighted by molar-refractivity contribution is -0.137. The molecule has 1 N–H and O–H groups in total. The molecule has 0 spiro atoms. The normalized spacial score (nSPS) is 16.6. The number of fused-ring (bicyclic) bond motifs is 1. The van der Waals surface area contributed by atoms with Gasteiger partial charge in [-0.05, 0) is 50.2 Å². The fourth-order valence-corrected chi connectivity index (χ4v) is 4.22. The fourth-order valence-electron chi connectivity index (χ4n) is 4.22. The van der Waals surface area contributed by atoms with Gasteiger partial charge in [0.15, 0.2) is 0 Å². The summed E-state index contributed by atoms with van der Waals surface area (Å²) >= 11 is 0. The van der Waals surface area contributed by atoms with Crippen LogP contribution in [-0.4, -0.2) is 53.6 Å². The number of likely N-dealkylation sites (tertiary alicyclic amines) is 1. The third-order valence-electron chi connectivity index (χ3n) is 5.91. The van der Waals surface area contributed by atoms with Crippen molar-refractivity contribution in [1.29, 1.82) is 0 Å². The third-order valence-corrected chi connectivity index (χ3v) is 5.91. The Morgan fingerprint density at radius 1 is 1.24 bits per heavy atom. The zero-order valence-corrected chi connectivity index (χ0v) is 18.9. The first-order valence-electron chi connectivity index (χ1n) is 11.0. The van der Waals surface area contributed by atoms with Gasteiger partial charge in [-0.1, -0.05) is 13.0 Å². The van der Waals surface area contributed by atoms with E-state index in [0.29, 0.717) is 16.8 Å². The van der Waals surface area contributed by atoms with Crippen LogP contribution >= 0.6 is 0 Å². The molecule has 2 aromatic carbocycles. The van der Waals surface area contributed by atoms with Crippen LogP contribution in [0.4, 0.5) is 18.9 Å². The van der Waals surface area contributed by atoms with Crippen molar-refractivity contribution in [2.24, 2.45) is 0 Å². The maximum Gasteiger partial charge on any atom is 0.416 e. The van der Waals surface area contributed by atoms with E-state index >= 15 is 0 Å². The van der Waals surface area contributed by atoms with E-state index in [1.54, 1.807) is 12.1 Å². The lowest BCUT2D eigenvalue weighted by Gasteiger charge is -2.23. The van der Waals surface area contributed by atoms with Gasteiger partial charge in [-0.3, -0.25) is 9.69 Å². The number of benzene rings is 2. The summed E-state index contributed by atoms with van der Waals surface area (Å²) in [6.45, 7) is 4.14. The summed E-state index contributed by atoms with van der Waals surface area (Å²) in [5.41, 5.74) is -0.411. The molecule has 0 bridgehead atoms. The highest BCUT2D eigenvalue weighted by molar-refractivity contribution is 6.12. The fraction of sp³-hybridized carbons (Fsp3) is 0.375. The molecule has 4 rings (SSSR count). The molecule has 1 aliphatic rings. The van der Waals surface area contributed by atoms with Crippen molar-refractivity contribution < 1.29 is 27.4 Å². The standard InChI is InChI=1S/C24H25F3N4O3/c1-3-31-9-5-6-17(31)13-34-18-11-15(24(25,26)27)10-16(12-18)30-22(32)19-7-4-8-20-21(19)28-14-29-23(20)33-2/h4,7-8,10-12,14,17H,3,5-6,9,13H2,1-2H3,(H,30,32)/t17-/m0/s1. The van der Waals surface area contributed by atoms with E-state index in [4.69, 9.17) is 9.47 Å². The Morgan fingerprint density at radius 3 is 2.79 bits per heavy atom. The molecule has 34 heavy (non-hydrogen) atoms. The van der Waals surface area contributed by atoms with Crippen molar-refractivity contribution in [3.63, 3.8) is 0 Å². The van der Waals surface area contributed by atoms with Gasteiger partial charge >= 0.3 is 6.18 Å². The number of alkyl halides is 3. The minimum atomic E-state index is -4.60. The van der Waals surface area contributed by atoms with Gasteiger partial charge in [-0.25, -0.2) is 9.97 Å². The van der Waals surface area contributed by atoms with Gasteiger partial charge in [0.25, 0.3) is 5.91 Å². The second-order valence-corrected chi connectivity index (χ2v) is 8.02. The van der Waals surface area contributed by atoms with E-state index in [-0.39, 0.29) is 29.6 Å². The van der Waals surface area contributed by atoms with E-state index < -0.39 is 17.6 Å². The molecule has 10 heteroatoms. The van der Waals surface area contributed by atoms with Crippen molar-refractivity contribution >= 4 is 22.5 Å². The molecule has 0 unspecified atom stereocenters. The molecule has 180 valence electrons. The average Bonchev–Trinajstić information content (AvgIpc) is 3.29. The molecule has 1 saturated heterocycles. The Kier molecular flexibility index (Phi) is 6.87. The lowest BCUT2D eigenvalue weighted by Crippen LogP contribution is -2.33. The number of aromatic nitrogens is 2. The molecule has 7 nitrogen and oxygen atoms in total. The van der Waals surface area contributed by atoms with Crippen LogP contribution in [0.1, 0.15) is 35.7 Å². The quantitative estimate of drug-likeness (QED) is 0.532. The van der Waals surface area contributed by atoms with Crippen LogP contribution in [0.2, 0.25) is 0 Å². The molecule has 1 atom stereocenters. The van der Waals surface area contributed by atoms with Crippen LogP contribution in [0.15, 0.2) is 42.7 Å². The lowest BCUT2D eigenvalue weighted by atomic mass is 10.1. The summed E-state index contributed by atoms with van der Waals surface area (Å²) in [7, 11) is 1.45. The zero-order chi connectivity index (χ0) is 24.3. The molecule has 1 amide bonds. The summed E-state index contributed by atoms with van der Waals surface area (Å²) in [5.74, 6) is -0.262. The van der Waals surface area contributed by atoms with Crippen LogP contribution in [0, 0.1) is 0 Å². The van der Waals surface area contributed by atoms with Crippen LogP contribution < -0.4 is 14.8 Å². The second kappa shape index (κ2) is 9.84. The first kappa shape index (κ1) is 23.7. The smallest absolute Gasteiger partial charge is 0.416 e. The molecule has 1 aromatic heterocycles. The molecule has 0 aliphatic carbocycles. The number of hydrogen-bond donors (Lipinski definition) is 1. The SMILES string of the molecule is CCN1CCC[C@H]1COc1cc(NC(=O)c2cccc3c(OC)ncnc23)cc(C(F)(F)F)c1. The second-order valence-electron chi connectivity index (χ2n) is 8.02. The van der Waals surface area contributed by atoms with Crippen molar-refractivity contribution in [1.82, 2.24) is 14.9 Å². The summed E-state index contributed by atoms with van der Waals surface area (Å²) < 4.78 is 51.6. The average molecular weight is 474 g/mol. The van der Waals surface area contributed by atoms with Gasteiger partial charge in [0, 0.05) is 17.8 Å². The van der Waals surface area contributed by atoms with Gasteiger partial charge in [-0.2, -0.15) is 13.2 Å². The van der Waals surface area contributed by atoms with Crippen LogP contribution in [-0.2, 0) is 6.18 Å². The highest BCUT2D eigenvalue weighted by atomic mass is 19.4. The number of rotatable bonds is 7. The number of likely N-dealkylation sites (N-methyl/N-ethyl adjacent to an activating group) is 1. The molecule has 0 saturated carbocycles. The number of methoxy groups -OCH3 is 1. The van der Waals surface area contributed by atoms with Gasteiger partial charge in [0.1, 0.15) is 18.7 Å². The van der Waals surface area contributed by atoms with E-state index in [2.05, 4.69) is 20.2 Å². The summed E-state index contributed by atoms with van der Waals surface area (Å²) in [6, 6.07) is 8.27. The third kappa shape index (κ3) is 5.06. The Morgan fingerprint density at radius 2 is 2.06 bits per heavy atom. The number of para-hydroxylation sites is 1. The number of amides is 1. The molecule has 2 heterocycles. The van der Waals surface area contributed by atoms with Crippen molar-refractivity contribution in [2.75, 3.05) is 32.1 Å². The highest BCUT2D eigenvalue weighted by Crippen LogP contribution is 2.35. The van der Waals surface area contributed by atoms with Gasteiger partial charge in [-0.15, -0.1) is 0 Å². The number of carbonyl (C=O) groups excluding carboxylic acids is 1. The monoisotopic (exact) mass is 474 g/mol. The Bertz CT molecular complexity index is 1190. The Hall–Kier alpha value is -3.40. The number of ether oxygens (including phenoxy) is 2. The maximum absolute atomic E-state index is 13.6. The van der Waals surface area contributed by atoms with E-state index in [1.807, 2.05) is 6.92 Å². The minimum Gasteiger partial charge on any atom is -0.492 e. The van der Waals surface area contributed by atoms with Crippen molar-refractivity contribution in [3.8, 4) is 11.6 Å². The van der Waals surface area contributed by atoms with Crippen molar-refractivity contribution in [3.05, 3.63) is 53.9 Å². The molecule has 1 aliphatic heterocycles. The number of hydrogen-bond acceptors (Lipinski definition) is 6. The number of halogens is 3. The van der Waals surface area contributed by atoms with Crippen molar-refractivity contribution in [2.45, 2.75) is 32.0 Å². The van der Waals surface area contributed by atoms with E-state index in [0.717, 1.165) is 38.1 Å². The van der Waals surface area contributed by atoms with Crippen LogP contribution in [0.3, 0.4) is 0 Å². The minimum absolute atomic E-state index is 0.0216. The number of carbonyl (C=O) groups is 1. The summed E-state index contributed by atoms with van der Waals surface area (Å²) in [4.78, 5) is 23.4. The predicted octanol–water partition coefficient (Wildman–Crippen LogP) is 4.77. The van der Waals surface area contributed by atoms with Gasteiger partial charge < -0.3 is 14.8 Å². The molecular formula is C24H25F3N4O3. The zero-order valence-electron chi connectivity index (χ0n) is 18.9. The molecule has 1 fully saturated rings. The number of nitrogens with one attached hydrogen (secondary N) is 1. The predicted molar refractivity (Wildman–Crippen MR) is 121 cm³/mol. The summed E-state index contributed by atoms with van der Waals surface area (Å²) in [6.07, 6.45) is -1.37.